The van der Waals surface area contributed by atoms with Crippen LogP contribution in [0.3, 0.4) is 0 Å². The molecule has 0 saturated heterocycles. The third-order valence-corrected chi connectivity index (χ3v) is 5.65. The number of benzene rings is 2. The van der Waals surface area contributed by atoms with E-state index in [4.69, 9.17) is 21.1 Å². The quantitative estimate of drug-likeness (QED) is 0.442. The summed E-state index contributed by atoms with van der Waals surface area (Å²) >= 11 is 6.03. The lowest BCUT2D eigenvalue weighted by atomic mass is 10.1. The minimum atomic E-state index is -0.123. The molecule has 5 rings (SSSR count). The van der Waals surface area contributed by atoms with Gasteiger partial charge in [0, 0.05) is 35.7 Å². The van der Waals surface area contributed by atoms with Crippen LogP contribution in [-0.2, 0) is 6.42 Å². The molecule has 0 radical (unpaired) electrons. The molecule has 1 saturated carbocycles. The predicted octanol–water partition coefficient (Wildman–Crippen LogP) is 4.73. The van der Waals surface area contributed by atoms with E-state index in [1.54, 1.807) is 13.0 Å². The lowest BCUT2D eigenvalue weighted by Gasteiger charge is -2.10. The second-order valence-corrected chi connectivity index (χ2v) is 8.39. The van der Waals surface area contributed by atoms with E-state index in [1.807, 2.05) is 53.2 Å². The second kappa shape index (κ2) is 8.59. The molecule has 8 heteroatoms. The van der Waals surface area contributed by atoms with Crippen LogP contribution in [0, 0.1) is 6.92 Å². The van der Waals surface area contributed by atoms with Gasteiger partial charge in [-0.1, -0.05) is 29.8 Å². The number of amides is 1. The van der Waals surface area contributed by atoms with Crippen LogP contribution in [0.4, 0.5) is 0 Å². The summed E-state index contributed by atoms with van der Waals surface area (Å²) in [6.45, 7) is 2.28. The molecule has 1 amide bonds. The Morgan fingerprint density at radius 2 is 2.00 bits per heavy atom. The molecule has 2 heterocycles. The van der Waals surface area contributed by atoms with Gasteiger partial charge in [0.25, 0.3) is 11.8 Å². The first-order valence-electron chi connectivity index (χ1n) is 10.6. The van der Waals surface area contributed by atoms with Crippen LogP contribution in [0.2, 0.25) is 5.02 Å². The number of hydrogen-bond acceptors (Lipinski definition) is 5. The van der Waals surface area contributed by atoms with Crippen LogP contribution in [0.25, 0.3) is 17.3 Å². The van der Waals surface area contributed by atoms with Gasteiger partial charge in [0.15, 0.2) is 0 Å². The highest BCUT2D eigenvalue weighted by Gasteiger charge is 2.30. The largest absolute Gasteiger partial charge is 0.420 e. The van der Waals surface area contributed by atoms with E-state index in [9.17, 15) is 4.79 Å². The van der Waals surface area contributed by atoms with E-state index < -0.39 is 0 Å². The number of nitrogens with zero attached hydrogens (tertiary/aromatic N) is 4. The predicted molar refractivity (Wildman–Crippen MR) is 121 cm³/mol. The van der Waals surface area contributed by atoms with Crippen LogP contribution >= 0.6 is 11.6 Å². The normalized spacial score (nSPS) is 13.3. The molecule has 32 heavy (non-hydrogen) atoms. The zero-order valence-corrected chi connectivity index (χ0v) is 18.3. The monoisotopic (exact) mass is 447 g/mol. The zero-order chi connectivity index (χ0) is 22.1. The molecule has 2 aromatic heterocycles. The average molecular weight is 448 g/mol. The van der Waals surface area contributed by atoms with E-state index in [1.165, 1.54) is 0 Å². The van der Waals surface area contributed by atoms with Gasteiger partial charge in [0.1, 0.15) is 5.69 Å². The van der Waals surface area contributed by atoms with Crippen LogP contribution < -0.4 is 5.32 Å². The summed E-state index contributed by atoms with van der Waals surface area (Å²) < 4.78 is 7.44. The maximum absolute atomic E-state index is 12.7. The van der Waals surface area contributed by atoms with Crippen molar-refractivity contribution in [2.45, 2.75) is 32.1 Å². The maximum atomic E-state index is 12.7. The van der Waals surface area contributed by atoms with Gasteiger partial charge in [-0.2, -0.15) is 5.10 Å². The number of halogens is 1. The van der Waals surface area contributed by atoms with E-state index in [-0.39, 0.29) is 5.91 Å². The molecule has 1 aliphatic rings. The standard InChI is InChI=1S/C24H22ClN5O2/c1-15-27-28-24(32-15)21-14-22(17-8-9-17)30(29-21)20-7-3-5-18(13-20)23(31)26-11-10-16-4-2-6-19(25)12-16/h2-7,12-14,17H,8-11H2,1H3,(H,26,31). The Labute approximate surface area is 190 Å². The smallest absolute Gasteiger partial charge is 0.268 e. The third-order valence-electron chi connectivity index (χ3n) is 5.42. The molecule has 7 nitrogen and oxygen atoms in total. The van der Waals surface area contributed by atoms with Crippen molar-refractivity contribution >= 4 is 17.5 Å². The molecule has 0 aliphatic heterocycles. The van der Waals surface area contributed by atoms with Crippen LogP contribution in [0.1, 0.15) is 46.3 Å². The summed E-state index contributed by atoms with van der Waals surface area (Å²) in [5, 5.41) is 16.4. The van der Waals surface area contributed by atoms with Crippen molar-refractivity contribution in [2.24, 2.45) is 0 Å². The molecule has 4 aromatic rings. The molecular formula is C24H22ClN5O2. The first-order chi connectivity index (χ1) is 15.6. The van der Waals surface area contributed by atoms with Crippen LogP contribution in [0.15, 0.2) is 59.0 Å². The Balaban J connectivity index is 1.34. The number of rotatable bonds is 7. The molecule has 0 atom stereocenters. The Morgan fingerprint density at radius 1 is 1.16 bits per heavy atom. The molecule has 1 N–H and O–H groups in total. The highest BCUT2D eigenvalue weighted by molar-refractivity contribution is 6.30. The minimum Gasteiger partial charge on any atom is -0.420 e. The molecule has 1 fully saturated rings. The summed E-state index contributed by atoms with van der Waals surface area (Å²) in [6.07, 6.45) is 2.96. The number of hydrogen-bond donors (Lipinski definition) is 1. The summed E-state index contributed by atoms with van der Waals surface area (Å²) in [5.74, 6) is 1.23. The van der Waals surface area contributed by atoms with Crippen molar-refractivity contribution in [1.82, 2.24) is 25.3 Å². The fourth-order valence-corrected chi connectivity index (χ4v) is 3.88. The van der Waals surface area contributed by atoms with Gasteiger partial charge in [-0.05, 0) is 61.2 Å². The van der Waals surface area contributed by atoms with E-state index in [0.717, 1.165) is 29.8 Å². The summed E-state index contributed by atoms with van der Waals surface area (Å²) in [4.78, 5) is 12.7. The number of nitrogens with one attached hydrogen (secondary N) is 1. The first-order valence-corrected chi connectivity index (χ1v) is 11.0. The lowest BCUT2D eigenvalue weighted by Crippen LogP contribution is -2.25. The fraction of sp³-hybridized carbons (Fsp3) is 0.250. The molecular weight excluding hydrogens is 426 g/mol. The van der Waals surface area contributed by atoms with Gasteiger partial charge in [0.2, 0.25) is 5.89 Å². The van der Waals surface area contributed by atoms with Crippen molar-refractivity contribution in [3.05, 3.63) is 82.3 Å². The molecule has 1 aliphatic carbocycles. The van der Waals surface area contributed by atoms with Crippen LogP contribution in [0.5, 0.6) is 0 Å². The van der Waals surface area contributed by atoms with E-state index in [2.05, 4.69) is 15.5 Å². The number of carbonyl (C=O) groups excluding carboxylic acids is 1. The molecule has 2 aromatic carbocycles. The first kappa shape index (κ1) is 20.5. The van der Waals surface area contributed by atoms with Gasteiger partial charge in [-0.3, -0.25) is 4.79 Å². The van der Waals surface area contributed by atoms with Gasteiger partial charge in [0.05, 0.1) is 5.69 Å². The van der Waals surface area contributed by atoms with Gasteiger partial charge in [-0.25, -0.2) is 4.68 Å². The third kappa shape index (κ3) is 4.43. The van der Waals surface area contributed by atoms with E-state index >= 15 is 0 Å². The Morgan fingerprint density at radius 3 is 2.75 bits per heavy atom. The number of carbonyl (C=O) groups is 1. The SMILES string of the molecule is Cc1nnc(-c2cc(C3CC3)n(-c3cccc(C(=O)NCCc4cccc(Cl)c4)c3)n2)o1. The summed E-state index contributed by atoms with van der Waals surface area (Å²) in [7, 11) is 0. The maximum Gasteiger partial charge on any atom is 0.268 e. The highest BCUT2D eigenvalue weighted by atomic mass is 35.5. The van der Waals surface area contributed by atoms with Gasteiger partial charge in [-0.15, -0.1) is 10.2 Å². The summed E-state index contributed by atoms with van der Waals surface area (Å²) in [5.41, 5.74) is 4.23. The average Bonchev–Trinajstić information content (AvgIpc) is 3.39. The minimum absolute atomic E-state index is 0.123. The molecule has 0 spiro atoms. The Bertz CT molecular complexity index is 1270. The van der Waals surface area contributed by atoms with Crippen molar-refractivity contribution in [2.75, 3.05) is 6.54 Å². The Kier molecular flexibility index (Phi) is 5.49. The topological polar surface area (TPSA) is 85.8 Å². The van der Waals surface area contributed by atoms with Gasteiger partial charge >= 0.3 is 0 Å². The second-order valence-electron chi connectivity index (χ2n) is 7.95. The zero-order valence-electron chi connectivity index (χ0n) is 17.6. The number of aryl methyl sites for hydroxylation is 1. The van der Waals surface area contributed by atoms with Crippen LogP contribution in [-0.4, -0.2) is 32.4 Å². The highest BCUT2D eigenvalue weighted by Crippen LogP contribution is 2.42. The molecule has 0 unspecified atom stereocenters. The van der Waals surface area contributed by atoms with Gasteiger partial charge < -0.3 is 9.73 Å². The Hall–Kier alpha value is -3.45. The molecule has 0 bridgehead atoms. The lowest BCUT2D eigenvalue weighted by molar-refractivity contribution is 0.0954. The molecule has 162 valence electrons. The van der Waals surface area contributed by atoms with E-state index in [0.29, 0.717) is 46.9 Å². The van der Waals surface area contributed by atoms with Crippen molar-refractivity contribution in [3.63, 3.8) is 0 Å². The van der Waals surface area contributed by atoms with Crippen molar-refractivity contribution in [1.29, 1.82) is 0 Å². The fourth-order valence-electron chi connectivity index (χ4n) is 3.67. The van der Waals surface area contributed by atoms with Crippen molar-refractivity contribution < 1.29 is 9.21 Å². The summed E-state index contributed by atoms with van der Waals surface area (Å²) in [6, 6.07) is 17.1. The van der Waals surface area contributed by atoms with Crippen molar-refractivity contribution in [3.8, 4) is 17.3 Å². The number of aromatic nitrogens is 4.